The Bertz CT molecular complexity index is 426. The fraction of sp³-hybridized carbons (Fsp3) is 0.462. The fourth-order valence-electron chi connectivity index (χ4n) is 2.08. The van der Waals surface area contributed by atoms with Crippen LogP contribution in [-0.2, 0) is 13.0 Å². The lowest BCUT2D eigenvalue weighted by molar-refractivity contribution is -0.692. The molecule has 0 N–H and O–H groups in total. The molecule has 0 bridgehead atoms. The van der Waals surface area contributed by atoms with Crippen LogP contribution in [0.4, 0.5) is 0 Å². The maximum absolute atomic E-state index is 3.89. The number of rotatable bonds is 2. The van der Waals surface area contributed by atoms with Crippen LogP contribution < -0.4 is 4.57 Å². The predicted octanol–water partition coefficient (Wildman–Crippen LogP) is 3.29. The molecule has 1 aromatic rings. The number of allylic oxidation sites excluding steroid dienone is 1. The quantitative estimate of drug-likeness (QED) is 0.673. The van der Waals surface area contributed by atoms with Crippen LogP contribution >= 0.6 is 11.3 Å². The summed E-state index contributed by atoms with van der Waals surface area (Å²) in [6, 6.07) is 0. The Morgan fingerprint density at radius 1 is 1.67 bits per heavy atom. The first-order chi connectivity index (χ1) is 7.17. The van der Waals surface area contributed by atoms with Crippen LogP contribution in [0.2, 0.25) is 0 Å². The molecule has 2 rings (SSSR count). The lowest BCUT2D eigenvalue weighted by Crippen LogP contribution is -2.37. The maximum Gasteiger partial charge on any atom is 0.261 e. The zero-order chi connectivity index (χ0) is 11.0. The van der Waals surface area contributed by atoms with Crippen LogP contribution in [0.3, 0.4) is 0 Å². The second-order valence-electron chi connectivity index (χ2n) is 4.19. The number of thiazole rings is 1. The Balaban J connectivity index is 2.57. The van der Waals surface area contributed by atoms with E-state index in [1.807, 2.05) is 17.4 Å². The van der Waals surface area contributed by atoms with Gasteiger partial charge in [-0.15, -0.1) is 0 Å². The molecule has 0 aromatic carbocycles. The molecule has 2 heteroatoms. The first kappa shape index (κ1) is 10.6. The van der Waals surface area contributed by atoms with E-state index in [0.717, 1.165) is 6.54 Å². The SMILES string of the molecule is C=Cc1sc2c([n+]1CC)C=C(C)C(C)C2. The molecule has 0 radical (unpaired) electrons. The average molecular weight is 220 g/mol. The Hall–Kier alpha value is -0.890. The molecule has 1 aromatic heterocycles. The molecule has 0 saturated carbocycles. The Morgan fingerprint density at radius 2 is 2.40 bits per heavy atom. The summed E-state index contributed by atoms with van der Waals surface area (Å²) in [5.41, 5.74) is 2.91. The Labute approximate surface area is 95.8 Å². The number of hydrogen-bond donors (Lipinski definition) is 0. The van der Waals surface area contributed by atoms with Gasteiger partial charge in [0.25, 0.3) is 5.01 Å². The van der Waals surface area contributed by atoms with E-state index in [1.165, 1.54) is 27.6 Å². The lowest BCUT2D eigenvalue weighted by atomic mass is 9.92. The van der Waals surface area contributed by atoms with Crippen LogP contribution in [0.15, 0.2) is 12.2 Å². The molecule has 1 atom stereocenters. The number of fused-ring (bicyclic) bond motifs is 1. The zero-order valence-electron chi connectivity index (χ0n) is 9.71. The number of aromatic nitrogens is 1. The van der Waals surface area contributed by atoms with Crippen LogP contribution in [0.1, 0.15) is 36.3 Å². The van der Waals surface area contributed by atoms with Gasteiger partial charge in [0.2, 0.25) is 5.69 Å². The molecular formula is C13H18NS+. The van der Waals surface area contributed by atoms with E-state index in [-0.39, 0.29) is 0 Å². The summed E-state index contributed by atoms with van der Waals surface area (Å²) in [5.74, 6) is 0.694. The van der Waals surface area contributed by atoms with Crippen molar-refractivity contribution < 1.29 is 4.57 Å². The second-order valence-corrected chi connectivity index (χ2v) is 5.31. The largest absolute Gasteiger partial charge is 0.261 e. The molecule has 1 aliphatic carbocycles. The second kappa shape index (κ2) is 3.93. The van der Waals surface area contributed by atoms with Crippen molar-refractivity contribution in [1.29, 1.82) is 0 Å². The van der Waals surface area contributed by atoms with Crippen LogP contribution in [-0.4, -0.2) is 0 Å². The van der Waals surface area contributed by atoms with E-state index in [2.05, 4.69) is 38.0 Å². The van der Waals surface area contributed by atoms with Crippen LogP contribution in [0.25, 0.3) is 12.2 Å². The van der Waals surface area contributed by atoms with E-state index in [1.54, 1.807) is 0 Å². The summed E-state index contributed by atoms with van der Waals surface area (Å²) >= 11 is 1.89. The predicted molar refractivity (Wildman–Crippen MR) is 66.8 cm³/mol. The molecule has 1 nitrogen and oxygen atoms in total. The minimum atomic E-state index is 0.694. The molecule has 0 amide bonds. The molecule has 1 heterocycles. The number of hydrogen-bond acceptors (Lipinski definition) is 1. The van der Waals surface area contributed by atoms with Crippen molar-refractivity contribution in [2.45, 2.75) is 33.7 Å². The van der Waals surface area contributed by atoms with Crippen molar-refractivity contribution in [3.05, 3.63) is 27.7 Å². The van der Waals surface area contributed by atoms with Crippen molar-refractivity contribution in [2.75, 3.05) is 0 Å². The molecule has 0 fully saturated rings. The normalized spacial score (nSPS) is 19.7. The summed E-state index contributed by atoms with van der Waals surface area (Å²) < 4.78 is 2.36. The summed E-state index contributed by atoms with van der Waals surface area (Å²) in [4.78, 5) is 1.52. The molecule has 1 aliphatic rings. The lowest BCUT2D eigenvalue weighted by Gasteiger charge is -2.14. The van der Waals surface area contributed by atoms with Gasteiger partial charge in [0.15, 0.2) is 0 Å². The first-order valence-corrected chi connectivity index (χ1v) is 6.35. The molecular weight excluding hydrogens is 202 g/mol. The van der Waals surface area contributed by atoms with Gasteiger partial charge in [0.1, 0.15) is 6.54 Å². The molecule has 1 unspecified atom stereocenters. The summed E-state index contributed by atoms with van der Waals surface area (Å²) in [6.07, 6.45) is 5.51. The zero-order valence-corrected chi connectivity index (χ0v) is 10.5. The van der Waals surface area contributed by atoms with E-state index in [4.69, 9.17) is 0 Å². The Morgan fingerprint density at radius 3 is 3.00 bits per heavy atom. The third-order valence-electron chi connectivity index (χ3n) is 3.19. The molecule has 0 aliphatic heterocycles. The van der Waals surface area contributed by atoms with Gasteiger partial charge in [-0.25, -0.2) is 0 Å². The van der Waals surface area contributed by atoms with Gasteiger partial charge in [-0.2, -0.15) is 4.57 Å². The Kier molecular flexibility index (Phi) is 2.79. The van der Waals surface area contributed by atoms with Crippen molar-refractivity contribution in [2.24, 2.45) is 5.92 Å². The van der Waals surface area contributed by atoms with E-state index in [0.29, 0.717) is 5.92 Å². The molecule has 0 saturated heterocycles. The molecule has 15 heavy (non-hydrogen) atoms. The van der Waals surface area contributed by atoms with Gasteiger partial charge in [-0.05, 0) is 26.2 Å². The van der Waals surface area contributed by atoms with E-state index >= 15 is 0 Å². The summed E-state index contributed by atoms with van der Waals surface area (Å²) in [6.45, 7) is 11.7. The number of nitrogens with zero attached hydrogens (tertiary/aromatic N) is 1. The standard InChI is InChI=1S/C13H18NS/c1-5-13-14(6-2)11-7-9(3)10(4)8-12(11)15-13/h5,7,10H,1,6,8H2,2-4H3/q+1. The maximum atomic E-state index is 3.89. The fourth-order valence-corrected chi connectivity index (χ4v) is 3.36. The van der Waals surface area contributed by atoms with E-state index in [9.17, 15) is 0 Å². The van der Waals surface area contributed by atoms with Gasteiger partial charge < -0.3 is 0 Å². The van der Waals surface area contributed by atoms with Gasteiger partial charge in [0, 0.05) is 12.2 Å². The smallest absolute Gasteiger partial charge is 0.183 e. The summed E-state index contributed by atoms with van der Waals surface area (Å²) in [7, 11) is 0. The van der Waals surface area contributed by atoms with E-state index < -0.39 is 0 Å². The van der Waals surface area contributed by atoms with Gasteiger partial charge >= 0.3 is 0 Å². The molecule has 80 valence electrons. The third-order valence-corrected chi connectivity index (χ3v) is 4.41. The van der Waals surface area contributed by atoms with Crippen molar-refractivity contribution in [3.8, 4) is 0 Å². The van der Waals surface area contributed by atoms with Crippen molar-refractivity contribution in [3.63, 3.8) is 0 Å². The highest BCUT2D eigenvalue weighted by Crippen LogP contribution is 2.31. The minimum Gasteiger partial charge on any atom is -0.183 e. The van der Waals surface area contributed by atoms with Crippen LogP contribution in [0.5, 0.6) is 0 Å². The first-order valence-electron chi connectivity index (χ1n) is 5.53. The highest BCUT2D eigenvalue weighted by atomic mass is 32.1. The highest BCUT2D eigenvalue weighted by molar-refractivity contribution is 7.12. The topological polar surface area (TPSA) is 3.88 Å². The van der Waals surface area contributed by atoms with Gasteiger partial charge in [0.05, 0.1) is 4.88 Å². The highest BCUT2D eigenvalue weighted by Gasteiger charge is 2.27. The minimum absolute atomic E-state index is 0.694. The van der Waals surface area contributed by atoms with Gasteiger partial charge in [-0.1, -0.05) is 30.4 Å². The van der Waals surface area contributed by atoms with Crippen LogP contribution in [0, 0.1) is 5.92 Å². The third kappa shape index (κ3) is 1.67. The monoisotopic (exact) mass is 220 g/mol. The average Bonchev–Trinajstić information content (AvgIpc) is 2.56. The van der Waals surface area contributed by atoms with Gasteiger partial charge in [-0.3, -0.25) is 0 Å². The van der Waals surface area contributed by atoms with Crippen molar-refractivity contribution in [1.82, 2.24) is 0 Å². The molecule has 0 spiro atoms. The van der Waals surface area contributed by atoms with Crippen molar-refractivity contribution >= 4 is 23.5 Å². The summed E-state index contributed by atoms with van der Waals surface area (Å²) in [5, 5.41) is 1.29.